The van der Waals surface area contributed by atoms with Gasteiger partial charge in [-0.05, 0) is 42.5 Å². The van der Waals surface area contributed by atoms with Gasteiger partial charge in [-0.2, -0.15) is 0 Å². The SMILES string of the molecule is Br.N[C@H]1CC12CCc1cc(Br)ccc12. The Kier molecular flexibility index (Phi) is 2.53. The average molecular weight is 319 g/mol. The Morgan fingerprint density at radius 1 is 1.43 bits per heavy atom. The summed E-state index contributed by atoms with van der Waals surface area (Å²) in [7, 11) is 0. The monoisotopic (exact) mass is 317 g/mol. The van der Waals surface area contributed by atoms with Crippen molar-refractivity contribution in [2.45, 2.75) is 30.7 Å². The van der Waals surface area contributed by atoms with E-state index >= 15 is 0 Å². The van der Waals surface area contributed by atoms with Gasteiger partial charge in [0.25, 0.3) is 0 Å². The van der Waals surface area contributed by atoms with E-state index in [0.717, 1.165) is 0 Å². The van der Waals surface area contributed by atoms with Gasteiger partial charge in [-0.25, -0.2) is 0 Å². The summed E-state index contributed by atoms with van der Waals surface area (Å²) in [5.74, 6) is 0. The molecule has 0 heterocycles. The first-order chi connectivity index (χ1) is 6.22. The summed E-state index contributed by atoms with van der Waals surface area (Å²) in [6.45, 7) is 0. The minimum atomic E-state index is 0. The Balaban J connectivity index is 0.000000750. The topological polar surface area (TPSA) is 26.0 Å². The maximum Gasteiger partial charge on any atom is 0.0178 e. The zero-order valence-electron chi connectivity index (χ0n) is 7.79. The van der Waals surface area contributed by atoms with E-state index in [9.17, 15) is 0 Å². The number of nitrogens with two attached hydrogens (primary N) is 1. The molecule has 0 radical (unpaired) electrons. The van der Waals surface area contributed by atoms with Crippen molar-refractivity contribution >= 4 is 32.9 Å². The van der Waals surface area contributed by atoms with Gasteiger partial charge in [-0.15, -0.1) is 17.0 Å². The summed E-state index contributed by atoms with van der Waals surface area (Å²) >= 11 is 3.51. The van der Waals surface area contributed by atoms with Crippen LogP contribution in [0.5, 0.6) is 0 Å². The van der Waals surface area contributed by atoms with Crippen LogP contribution in [0.1, 0.15) is 24.0 Å². The number of fused-ring (bicyclic) bond motifs is 2. The van der Waals surface area contributed by atoms with Crippen LogP contribution in [-0.2, 0) is 11.8 Å². The van der Waals surface area contributed by atoms with E-state index in [2.05, 4.69) is 34.1 Å². The molecule has 2 atom stereocenters. The predicted octanol–water partition coefficient (Wildman–Crippen LogP) is 2.94. The molecule has 1 spiro atoms. The summed E-state index contributed by atoms with van der Waals surface area (Å²) in [6, 6.07) is 7.06. The third kappa shape index (κ3) is 1.29. The molecule has 1 fully saturated rings. The fraction of sp³-hybridized carbons (Fsp3) is 0.455. The van der Waals surface area contributed by atoms with Crippen molar-refractivity contribution in [2.75, 3.05) is 0 Å². The van der Waals surface area contributed by atoms with E-state index in [1.54, 1.807) is 0 Å². The molecule has 1 nitrogen and oxygen atoms in total. The number of hydrogen-bond acceptors (Lipinski definition) is 1. The van der Waals surface area contributed by atoms with Crippen LogP contribution in [0.4, 0.5) is 0 Å². The molecule has 14 heavy (non-hydrogen) atoms. The zero-order chi connectivity index (χ0) is 9.05. The molecule has 3 rings (SSSR count). The van der Waals surface area contributed by atoms with Crippen LogP contribution >= 0.6 is 32.9 Å². The zero-order valence-corrected chi connectivity index (χ0v) is 11.1. The van der Waals surface area contributed by atoms with E-state index in [0.29, 0.717) is 11.5 Å². The third-order valence-corrected chi connectivity index (χ3v) is 4.07. The third-order valence-electron chi connectivity index (χ3n) is 3.58. The van der Waals surface area contributed by atoms with Gasteiger partial charge in [0.2, 0.25) is 0 Å². The Morgan fingerprint density at radius 3 is 2.79 bits per heavy atom. The second kappa shape index (κ2) is 3.32. The molecule has 1 aromatic rings. The molecular formula is C11H13Br2N. The number of benzene rings is 1. The molecule has 1 unspecified atom stereocenters. The summed E-state index contributed by atoms with van der Waals surface area (Å²) in [6.07, 6.45) is 3.67. The van der Waals surface area contributed by atoms with Crippen molar-refractivity contribution < 1.29 is 0 Å². The van der Waals surface area contributed by atoms with Crippen LogP contribution in [0.25, 0.3) is 0 Å². The highest BCUT2D eigenvalue weighted by Crippen LogP contribution is 2.55. The first-order valence-electron chi connectivity index (χ1n) is 4.77. The fourth-order valence-corrected chi connectivity index (χ4v) is 3.09. The van der Waals surface area contributed by atoms with Gasteiger partial charge in [0.05, 0.1) is 0 Å². The van der Waals surface area contributed by atoms with Gasteiger partial charge in [0.15, 0.2) is 0 Å². The predicted molar refractivity (Wildman–Crippen MR) is 67.1 cm³/mol. The maximum atomic E-state index is 6.00. The Bertz CT molecular complexity index is 378. The lowest BCUT2D eigenvalue weighted by molar-refractivity contribution is 0.651. The van der Waals surface area contributed by atoms with Crippen molar-refractivity contribution in [3.05, 3.63) is 33.8 Å². The van der Waals surface area contributed by atoms with Crippen molar-refractivity contribution in [3.63, 3.8) is 0 Å². The van der Waals surface area contributed by atoms with Gasteiger partial charge in [0, 0.05) is 15.9 Å². The highest BCUT2D eigenvalue weighted by molar-refractivity contribution is 9.10. The number of halogens is 2. The van der Waals surface area contributed by atoms with Gasteiger partial charge in [-0.3, -0.25) is 0 Å². The van der Waals surface area contributed by atoms with E-state index in [-0.39, 0.29) is 17.0 Å². The molecule has 2 aliphatic rings. The van der Waals surface area contributed by atoms with Crippen LogP contribution < -0.4 is 5.73 Å². The summed E-state index contributed by atoms with van der Waals surface area (Å²) < 4.78 is 1.19. The molecule has 2 N–H and O–H groups in total. The summed E-state index contributed by atoms with van der Waals surface area (Å²) in [5.41, 5.74) is 9.41. The summed E-state index contributed by atoms with van der Waals surface area (Å²) in [4.78, 5) is 0. The molecule has 0 bridgehead atoms. The van der Waals surface area contributed by atoms with E-state index in [1.807, 2.05) is 0 Å². The first kappa shape index (κ1) is 10.7. The molecule has 0 aromatic heterocycles. The van der Waals surface area contributed by atoms with Crippen LogP contribution in [0.3, 0.4) is 0 Å². The fourth-order valence-electron chi connectivity index (χ4n) is 2.68. The minimum Gasteiger partial charge on any atom is -0.327 e. The van der Waals surface area contributed by atoms with Gasteiger partial charge in [0.1, 0.15) is 0 Å². The number of hydrogen-bond donors (Lipinski definition) is 1. The Morgan fingerprint density at radius 2 is 2.14 bits per heavy atom. The van der Waals surface area contributed by atoms with E-state index in [1.165, 1.54) is 34.9 Å². The second-order valence-electron chi connectivity index (χ2n) is 4.27. The van der Waals surface area contributed by atoms with Crippen LogP contribution in [-0.4, -0.2) is 6.04 Å². The average Bonchev–Trinajstić information content (AvgIpc) is 2.59. The Labute approximate surface area is 103 Å². The standard InChI is InChI=1S/C11H12BrN.BrH/c12-8-1-2-9-7(5-8)3-4-11(9)6-10(11)13;/h1-2,5,10H,3-4,6,13H2;1H/t10-,11?;/m0./s1. The largest absolute Gasteiger partial charge is 0.327 e. The highest BCUT2D eigenvalue weighted by Gasteiger charge is 2.55. The first-order valence-corrected chi connectivity index (χ1v) is 5.56. The summed E-state index contributed by atoms with van der Waals surface area (Å²) in [5, 5.41) is 0. The van der Waals surface area contributed by atoms with Crippen LogP contribution in [0.15, 0.2) is 22.7 Å². The van der Waals surface area contributed by atoms with Gasteiger partial charge in [-0.1, -0.05) is 22.0 Å². The van der Waals surface area contributed by atoms with E-state index < -0.39 is 0 Å². The van der Waals surface area contributed by atoms with Crippen LogP contribution in [0.2, 0.25) is 0 Å². The van der Waals surface area contributed by atoms with Crippen LogP contribution in [0, 0.1) is 0 Å². The lowest BCUT2D eigenvalue weighted by Crippen LogP contribution is -2.14. The van der Waals surface area contributed by atoms with Crippen molar-refractivity contribution in [1.82, 2.24) is 0 Å². The lowest BCUT2D eigenvalue weighted by Gasteiger charge is -2.08. The van der Waals surface area contributed by atoms with Crippen molar-refractivity contribution in [3.8, 4) is 0 Å². The molecule has 76 valence electrons. The lowest BCUT2D eigenvalue weighted by atomic mass is 9.98. The quantitative estimate of drug-likeness (QED) is 0.782. The second-order valence-corrected chi connectivity index (χ2v) is 5.18. The van der Waals surface area contributed by atoms with Gasteiger partial charge >= 0.3 is 0 Å². The molecule has 0 aliphatic heterocycles. The molecule has 1 saturated carbocycles. The molecule has 1 aromatic carbocycles. The smallest absolute Gasteiger partial charge is 0.0178 e. The highest BCUT2D eigenvalue weighted by atomic mass is 79.9. The number of rotatable bonds is 0. The maximum absolute atomic E-state index is 6.00. The molecule has 0 saturated heterocycles. The molecule has 2 aliphatic carbocycles. The van der Waals surface area contributed by atoms with Crippen molar-refractivity contribution in [1.29, 1.82) is 0 Å². The minimum absolute atomic E-state index is 0. The molecule has 3 heteroatoms. The normalized spacial score (nSPS) is 32.6. The molecule has 0 amide bonds. The number of aryl methyl sites for hydroxylation is 1. The van der Waals surface area contributed by atoms with E-state index in [4.69, 9.17) is 5.73 Å². The molecular weight excluding hydrogens is 306 g/mol. The van der Waals surface area contributed by atoms with Crippen molar-refractivity contribution in [2.24, 2.45) is 5.73 Å². The Hall–Kier alpha value is 0.140. The van der Waals surface area contributed by atoms with Gasteiger partial charge < -0.3 is 5.73 Å².